The predicted molar refractivity (Wildman–Crippen MR) is 82.5 cm³/mol. The molecule has 2 bridgehead atoms. The number of fused-ring (bicyclic) bond motifs is 1. The monoisotopic (exact) mass is 273 g/mol. The number of nitrogens with zero attached hydrogens (tertiary/aromatic N) is 3. The first-order chi connectivity index (χ1) is 9.46. The number of allylic oxidation sites excluding steroid dienone is 1. The van der Waals surface area contributed by atoms with E-state index in [2.05, 4.69) is 43.2 Å². The fraction of sp³-hybridized carbons (Fsp3) is 0.706. The molecule has 110 valence electrons. The molecule has 1 aromatic rings. The Hall–Kier alpha value is -1.09. The number of likely N-dealkylation sites (N-methyl/N-ethyl adjacent to an activating group) is 1. The van der Waals surface area contributed by atoms with Gasteiger partial charge >= 0.3 is 0 Å². The maximum Gasteiger partial charge on any atom is 0.0522 e. The highest BCUT2D eigenvalue weighted by Gasteiger charge is 2.50. The summed E-state index contributed by atoms with van der Waals surface area (Å²) >= 11 is 0. The van der Waals surface area contributed by atoms with E-state index in [1.54, 1.807) is 5.57 Å². The van der Waals surface area contributed by atoms with Gasteiger partial charge in [-0.05, 0) is 49.1 Å². The third-order valence-corrected chi connectivity index (χ3v) is 5.58. The van der Waals surface area contributed by atoms with Crippen LogP contribution in [0.3, 0.4) is 0 Å². The molecule has 0 saturated heterocycles. The van der Waals surface area contributed by atoms with E-state index in [-0.39, 0.29) is 0 Å². The molecule has 1 heterocycles. The van der Waals surface area contributed by atoms with Gasteiger partial charge in [-0.2, -0.15) is 5.10 Å². The van der Waals surface area contributed by atoms with Crippen LogP contribution in [0.15, 0.2) is 24.0 Å². The zero-order chi connectivity index (χ0) is 14.3. The third-order valence-electron chi connectivity index (χ3n) is 5.58. The molecule has 3 nitrogen and oxygen atoms in total. The van der Waals surface area contributed by atoms with Crippen molar-refractivity contribution >= 4 is 0 Å². The van der Waals surface area contributed by atoms with Crippen LogP contribution in [0.1, 0.15) is 32.3 Å². The minimum absolute atomic E-state index is 0.550. The lowest BCUT2D eigenvalue weighted by Gasteiger charge is -2.57. The summed E-state index contributed by atoms with van der Waals surface area (Å²) in [4.78, 5) is 2.47. The predicted octanol–water partition coefficient (Wildman–Crippen LogP) is 2.89. The maximum absolute atomic E-state index is 4.23. The van der Waals surface area contributed by atoms with Gasteiger partial charge in [-0.1, -0.05) is 25.5 Å². The maximum atomic E-state index is 4.23. The molecule has 1 aromatic heterocycles. The van der Waals surface area contributed by atoms with Crippen molar-refractivity contribution in [1.29, 1.82) is 0 Å². The van der Waals surface area contributed by atoms with E-state index < -0.39 is 0 Å². The van der Waals surface area contributed by atoms with Crippen molar-refractivity contribution in [3.63, 3.8) is 0 Å². The molecule has 0 unspecified atom stereocenters. The molecule has 1 fully saturated rings. The van der Waals surface area contributed by atoms with Crippen LogP contribution < -0.4 is 0 Å². The molecule has 2 atom stereocenters. The summed E-state index contributed by atoms with van der Waals surface area (Å²) in [5, 5.41) is 4.23. The van der Waals surface area contributed by atoms with E-state index in [9.17, 15) is 0 Å². The molecular formula is C17H27N3. The van der Waals surface area contributed by atoms with Gasteiger partial charge in [-0.3, -0.25) is 4.68 Å². The largest absolute Gasteiger partial charge is 0.302 e. The van der Waals surface area contributed by atoms with Gasteiger partial charge in [-0.25, -0.2) is 0 Å². The van der Waals surface area contributed by atoms with Crippen LogP contribution in [0.5, 0.6) is 0 Å². The molecule has 0 radical (unpaired) electrons. The summed E-state index contributed by atoms with van der Waals surface area (Å²) in [6.45, 7) is 7.16. The number of hydrogen-bond acceptors (Lipinski definition) is 2. The van der Waals surface area contributed by atoms with E-state index in [1.807, 2.05) is 17.9 Å². The number of aryl methyl sites for hydroxylation is 1. The Morgan fingerprint density at radius 3 is 2.85 bits per heavy atom. The van der Waals surface area contributed by atoms with E-state index in [0.717, 1.165) is 31.3 Å². The molecule has 4 rings (SSSR count). The van der Waals surface area contributed by atoms with Crippen molar-refractivity contribution in [2.75, 3.05) is 20.1 Å². The molecule has 3 aliphatic rings. The normalized spacial score (nSPS) is 27.4. The van der Waals surface area contributed by atoms with Crippen molar-refractivity contribution < 1.29 is 0 Å². The molecule has 0 aromatic carbocycles. The first-order valence-electron chi connectivity index (χ1n) is 7.82. The van der Waals surface area contributed by atoms with Crippen LogP contribution in [-0.2, 0) is 13.5 Å². The van der Waals surface area contributed by atoms with Gasteiger partial charge in [0.05, 0.1) is 6.20 Å². The summed E-state index contributed by atoms with van der Waals surface area (Å²) < 4.78 is 1.88. The van der Waals surface area contributed by atoms with Crippen LogP contribution in [0, 0.1) is 17.3 Å². The van der Waals surface area contributed by atoms with E-state index in [4.69, 9.17) is 0 Å². The van der Waals surface area contributed by atoms with Crippen molar-refractivity contribution in [2.45, 2.75) is 33.1 Å². The number of hydrogen-bond donors (Lipinski definition) is 0. The second kappa shape index (κ2) is 5.03. The average molecular weight is 273 g/mol. The van der Waals surface area contributed by atoms with Crippen molar-refractivity contribution in [3.8, 4) is 0 Å². The molecule has 0 amide bonds. The van der Waals surface area contributed by atoms with Gasteiger partial charge < -0.3 is 4.90 Å². The van der Waals surface area contributed by atoms with Crippen LogP contribution >= 0.6 is 0 Å². The van der Waals surface area contributed by atoms with Gasteiger partial charge in [0.25, 0.3) is 0 Å². The highest BCUT2D eigenvalue weighted by Crippen LogP contribution is 2.59. The Morgan fingerprint density at radius 1 is 1.45 bits per heavy atom. The second-order valence-corrected chi connectivity index (χ2v) is 7.33. The van der Waals surface area contributed by atoms with Crippen LogP contribution in [0.2, 0.25) is 0 Å². The molecule has 0 N–H and O–H groups in total. The van der Waals surface area contributed by atoms with Crippen molar-refractivity contribution in [1.82, 2.24) is 14.7 Å². The summed E-state index contributed by atoms with van der Waals surface area (Å²) in [6.07, 6.45) is 10.4. The summed E-state index contributed by atoms with van der Waals surface area (Å²) in [7, 11) is 4.23. The molecule has 0 spiro atoms. The van der Waals surface area contributed by atoms with Gasteiger partial charge in [0.1, 0.15) is 0 Å². The molecular weight excluding hydrogens is 246 g/mol. The van der Waals surface area contributed by atoms with Crippen molar-refractivity contribution in [3.05, 3.63) is 29.6 Å². The van der Waals surface area contributed by atoms with Gasteiger partial charge in [0.15, 0.2) is 0 Å². The Morgan fingerprint density at radius 2 is 2.25 bits per heavy atom. The summed E-state index contributed by atoms with van der Waals surface area (Å²) in [6, 6.07) is 0. The summed E-state index contributed by atoms with van der Waals surface area (Å²) in [5.41, 5.74) is 3.57. The van der Waals surface area contributed by atoms with E-state index in [1.165, 1.54) is 18.4 Å². The SMILES string of the molecule is CN(CCc1cnn(C)c1)CC1=CC[C@H]2C[C@@H]1C2(C)C. The first kappa shape index (κ1) is 13.9. The zero-order valence-corrected chi connectivity index (χ0v) is 13.3. The lowest BCUT2D eigenvalue weighted by atomic mass is 9.49. The Kier molecular flexibility index (Phi) is 3.49. The summed E-state index contributed by atoms with van der Waals surface area (Å²) in [5.74, 6) is 1.78. The highest BCUT2D eigenvalue weighted by molar-refractivity contribution is 5.24. The number of aromatic nitrogens is 2. The Labute approximate surface area is 122 Å². The Balaban J connectivity index is 1.52. The lowest BCUT2D eigenvalue weighted by molar-refractivity contribution is -0.00994. The molecule has 3 aliphatic carbocycles. The van der Waals surface area contributed by atoms with Crippen LogP contribution in [-0.4, -0.2) is 34.8 Å². The van der Waals surface area contributed by atoms with Gasteiger partial charge in [0, 0.05) is 26.3 Å². The minimum Gasteiger partial charge on any atom is -0.302 e. The third kappa shape index (κ3) is 2.44. The van der Waals surface area contributed by atoms with Crippen LogP contribution in [0.25, 0.3) is 0 Å². The number of rotatable bonds is 5. The lowest BCUT2D eigenvalue weighted by Crippen LogP contribution is -2.49. The average Bonchev–Trinajstić information content (AvgIpc) is 2.82. The smallest absolute Gasteiger partial charge is 0.0522 e. The first-order valence-corrected chi connectivity index (χ1v) is 7.82. The molecule has 3 heteroatoms. The fourth-order valence-electron chi connectivity index (χ4n) is 3.97. The topological polar surface area (TPSA) is 21.1 Å². The molecule has 0 aliphatic heterocycles. The van der Waals surface area contributed by atoms with Gasteiger partial charge in [-0.15, -0.1) is 0 Å². The fourth-order valence-corrected chi connectivity index (χ4v) is 3.97. The molecule has 20 heavy (non-hydrogen) atoms. The van der Waals surface area contributed by atoms with Crippen molar-refractivity contribution in [2.24, 2.45) is 24.3 Å². The van der Waals surface area contributed by atoms with Crippen LogP contribution in [0.4, 0.5) is 0 Å². The minimum atomic E-state index is 0.550. The van der Waals surface area contributed by atoms with Gasteiger partial charge in [0.2, 0.25) is 0 Å². The zero-order valence-electron chi connectivity index (χ0n) is 13.3. The van der Waals surface area contributed by atoms with E-state index in [0.29, 0.717) is 5.41 Å². The van der Waals surface area contributed by atoms with E-state index >= 15 is 0 Å². The standard InChI is InChI=1S/C17H27N3/c1-17(2)15-6-5-14(16(17)9-15)12-19(3)8-7-13-10-18-20(4)11-13/h5,10-11,15-16H,6-9,12H2,1-4H3/t15-,16-/m0/s1. The molecule has 1 saturated carbocycles. The Bertz CT molecular complexity index is 512. The second-order valence-electron chi connectivity index (χ2n) is 7.33. The quantitative estimate of drug-likeness (QED) is 0.769. The highest BCUT2D eigenvalue weighted by atomic mass is 15.2.